The Hall–Kier alpha value is -0.470. The Kier molecular flexibility index (Phi) is 5.57. The van der Waals surface area contributed by atoms with Crippen LogP contribution in [0.15, 0.2) is 16.3 Å². The van der Waals surface area contributed by atoms with E-state index in [1.165, 1.54) is 11.3 Å². The van der Waals surface area contributed by atoms with Crippen LogP contribution < -0.4 is 10.5 Å². The minimum absolute atomic E-state index is 0.267. The maximum atomic E-state index is 12.3. The van der Waals surface area contributed by atoms with Gasteiger partial charge in [0, 0.05) is 18.0 Å². The summed E-state index contributed by atoms with van der Waals surface area (Å²) in [5.41, 5.74) is 5.57. The Balaban J connectivity index is 1.90. The molecule has 1 saturated heterocycles. The number of hydrogen-bond donors (Lipinski definition) is 2. The Morgan fingerprint density at radius 3 is 2.75 bits per heavy atom. The van der Waals surface area contributed by atoms with Crippen molar-refractivity contribution in [3.05, 3.63) is 16.3 Å². The largest absolute Gasteiger partial charge is 0.326 e. The average Bonchev–Trinajstić information content (AvgIpc) is 2.95. The van der Waals surface area contributed by atoms with Crippen molar-refractivity contribution < 1.29 is 8.42 Å². The lowest BCUT2D eigenvalue weighted by Gasteiger charge is -2.30. The molecule has 0 bridgehead atoms. The Morgan fingerprint density at radius 1 is 1.45 bits per heavy atom. The third-order valence-electron chi connectivity index (χ3n) is 3.90. The SMILES string of the molecule is CCN1CCC(CNS(=O)(=O)c2ccsc2CN)CC1. The zero-order chi connectivity index (χ0) is 14.6. The molecule has 1 aromatic heterocycles. The van der Waals surface area contributed by atoms with Gasteiger partial charge in [0.05, 0.1) is 4.90 Å². The van der Waals surface area contributed by atoms with E-state index in [9.17, 15) is 8.42 Å². The molecule has 2 heterocycles. The van der Waals surface area contributed by atoms with Crippen molar-refractivity contribution in [2.75, 3.05) is 26.2 Å². The standard InChI is InChI=1S/C13H23N3O2S2/c1-2-16-6-3-11(4-7-16)10-15-20(17,18)13-5-8-19-12(13)9-14/h5,8,11,15H,2-4,6-7,9-10,14H2,1H3. The number of hydrogen-bond acceptors (Lipinski definition) is 5. The van der Waals surface area contributed by atoms with Gasteiger partial charge in [0.15, 0.2) is 0 Å². The Morgan fingerprint density at radius 2 is 2.15 bits per heavy atom. The van der Waals surface area contributed by atoms with Gasteiger partial charge >= 0.3 is 0 Å². The summed E-state index contributed by atoms with van der Waals surface area (Å²) in [7, 11) is -3.41. The summed E-state index contributed by atoms with van der Waals surface area (Å²) in [4.78, 5) is 3.46. The molecule has 0 saturated carbocycles. The first kappa shape index (κ1) is 15.9. The molecule has 5 nitrogen and oxygen atoms in total. The van der Waals surface area contributed by atoms with E-state index in [0.29, 0.717) is 17.4 Å². The second kappa shape index (κ2) is 7.00. The molecule has 0 amide bonds. The minimum atomic E-state index is -3.41. The van der Waals surface area contributed by atoms with Crippen LogP contribution in [0.4, 0.5) is 0 Å². The summed E-state index contributed by atoms with van der Waals surface area (Å²) < 4.78 is 27.3. The van der Waals surface area contributed by atoms with Gasteiger partial charge in [-0.1, -0.05) is 6.92 Å². The number of nitrogens with zero attached hydrogens (tertiary/aromatic N) is 1. The van der Waals surface area contributed by atoms with Crippen molar-refractivity contribution in [1.82, 2.24) is 9.62 Å². The van der Waals surface area contributed by atoms with Crippen molar-refractivity contribution in [2.45, 2.75) is 31.2 Å². The third kappa shape index (κ3) is 3.79. The first-order valence-corrected chi connectivity index (χ1v) is 9.41. The highest BCUT2D eigenvalue weighted by atomic mass is 32.2. The maximum absolute atomic E-state index is 12.3. The van der Waals surface area contributed by atoms with Crippen molar-refractivity contribution >= 4 is 21.4 Å². The first-order chi connectivity index (χ1) is 9.56. The molecule has 0 spiro atoms. The Labute approximate surface area is 125 Å². The molecular formula is C13H23N3O2S2. The van der Waals surface area contributed by atoms with Crippen molar-refractivity contribution in [1.29, 1.82) is 0 Å². The van der Waals surface area contributed by atoms with Crippen LogP contribution in [0.1, 0.15) is 24.6 Å². The van der Waals surface area contributed by atoms with E-state index in [1.807, 2.05) is 0 Å². The van der Waals surface area contributed by atoms with Crippen LogP contribution in [0.25, 0.3) is 0 Å². The summed E-state index contributed by atoms with van der Waals surface area (Å²) in [6.45, 7) is 6.16. The van der Waals surface area contributed by atoms with Crippen LogP contribution >= 0.6 is 11.3 Å². The highest BCUT2D eigenvalue weighted by molar-refractivity contribution is 7.89. The second-order valence-corrected chi connectivity index (χ2v) is 7.88. The molecule has 2 rings (SSSR count). The zero-order valence-corrected chi connectivity index (χ0v) is 13.5. The van der Waals surface area contributed by atoms with Gasteiger partial charge in [-0.25, -0.2) is 13.1 Å². The van der Waals surface area contributed by atoms with E-state index >= 15 is 0 Å². The summed E-state index contributed by atoms with van der Waals surface area (Å²) in [5.74, 6) is 0.438. The number of sulfonamides is 1. The molecular weight excluding hydrogens is 294 g/mol. The predicted octanol–water partition coefficient (Wildman–Crippen LogP) is 1.22. The minimum Gasteiger partial charge on any atom is -0.326 e. The lowest BCUT2D eigenvalue weighted by Crippen LogP contribution is -2.38. The van der Waals surface area contributed by atoms with Crippen LogP contribution in [-0.4, -0.2) is 39.5 Å². The van der Waals surface area contributed by atoms with Crippen LogP contribution in [-0.2, 0) is 16.6 Å². The quantitative estimate of drug-likeness (QED) is 0.827. The van der Waals surface area contributed by atoms with Gasteiger partial charge in [-0.05, 0) is 49.8 Å². The second-order valence-electron chi connectivity index (χ2n) is 5.14. The fraction of sp³-hybridized carbons (Fsp3) is 0.692. The lowest BCUT2D eigenvalue weighted by molar-refractivity contribution is 0.194. The molecule has 1 aliphatic heterocycles. The predicted molar refractivity (Wildman–Crippen MR) is 82.2 cm³/mol. The van der Waals surface area contributed by atoms with Crippen molar-refractivity contribution in [3.8, 4) is 0 Å². The van der Waals surface area contributed by atoms with E-state index in [0.717, 1.165) is 37.4 Å². The van der Waals surface area contributed by atoms with Gasteiger partial charge in [0.25, 0.3) is 0 Å². The molecule has 0 aliphatic carbocycles. The number of rotatable bonds is 6. The van der Waals surface area contributed by atoms with E-state index < -0.39 is 10.0 Å². The van der Waals surface area contributed by atoms with Crippen LogP contribution in [0, 0.1) is 5.92 Å². The third-order valence-corrected chi connectivity index (χ3v) is 6.48. The summed E-state index contributed by atoms with van der Waals surface area (Å²) in [6, 6.07) is 1.63. The van der Waals surface area contributed by atoms with Crippen molar-refractivity contribution in [3.63, 3.8) is 0 Å². The highest BCUT2D eigenvalue weighted by Crippen LogP contribution is 2.22. The van der Waals surface area contributed by atoms with Gasteiger partial charge in [-0.2, -0.15) is 0 Å². The number of piperidine rings is 1. The topological polar surface area (TPSA) is 75.4 Å². The number of thiophene rings is 1. The van der Waals surface area contributed by atoms with E-state index in [2.05, 4.69) is 16.5 Å². The highest BCUT2D eigenvalue weighted by Gasteiger charge is 2.23. The number of nitrogens with one attached hydrogen (secondary N) is 1. The Bertz CT molecular complexity index is 519. The molecule has 7 heteroatoms. The van der Waals surface area contributed by atoms with Crippen LogP contribution in [0.3, 0.4) is 0 Å². The number of likely N-dealkylation sites (tertiary alicyclic amines) is 1. The monoisotopic (exact) mass is 317 g/mol. The molecule has 1 aliphatic rings. The van der Waals surface area contributed by atoms with Gasteiger partial charge in [0.1, 0.15) is 0 Å². The zero-order valence-electron chi connectivity index (χ0n) is 11.8. The molecule has 3 N–H and O–H groups in total. The molecule has 0 radical (unpaired) electrons. The average molecular weight is 317 g/mol. The van der Waals surface area contributed by atoms with Gasteiger partial charge < -0.3 is 10.6 Å². The van der Waals surface area contributed by atoms with Crippen molar-refractivity contribution in [2.24, 2.45) is 11.7 Å². The summed E-state index contributed by atoms with van der Waals surface area (Å²) in [5, 5.41) is 1.77. The van der Waals surface area contributed by atoms with E-state index in [-0.39, 0.29) is 6.54 Å². The first-order valence-electron chi connectivity index (χ1n) is 7.05. The smallest absolute Gasteiger partial charge is 0.241 e. The summed E-state index contributed by atoms with van der Waals surface area (Å²) in [6.07, 6.45) is 2.12. The van der Waals surface area contributed by atoms with Gasteiger partial charge in [0.2, 0.25) is 10.0 Å². The number of nitrogens with two attached hydrogens (primary N) is 1. The molecule has 20 heavy (non-hydrogen) atoms. The van der Waals surface area contributed by atoms with Gasteiger partial charge in [-0.15, -0.1) is 11.3 Å². The summed E-state index contributed by atoms with van der Waals surface area (Å²) >= 11 is 1.39. The van der Waals surface area contributed by atoms with Crippen LogP contribution in [0.5, 0.6) is 0 Å². The van der Waals surface area contributed by atoms with Gasteiger partial charge in [-0.3, -0.25) is 0 Å². The normalized spacial score (nSPS) is 18.5. The molecule has 114 valence electrons. The fourth-order valence-electron chi connectivity index (χ4n) is 2.53. The fourth-order valence-corrected chi connectivity index (χ4v) is 4.98. The van der Waals surface area contributed by atoms with Crippen LogP contribution in [0.2, 0.25) is 0 Å². The lowest BCUT2D eigenvalue weighted by atomic mass is 9.97. The molecule has 0 aromatic carbocycles. The van der Waals surface area contributed by atoms with E-state index in [1.54, 1.807) is 11.4 Å². The molecule has 0 unspecified atom stereocenters. The molecule has 1 fully saturated rings. The van der Waals surface area contributed by atoms with E-state index in [4.69, 9.17) is 5.73 Å². The maximum Gasteiger partial charge on any atom is 0.241 e. The molecule has 1 aromatic rings. The molecule has 0 atom stereocenters.